The summed E-state index contributed by atoms with van der Waals surface area (Å²) in [5.41, 5.74) is 7.55. The molecule has 1 aromatic heterocycles. The predicted octanol–water partition coefficient (Wildman–Crippen LogP) is 2.65. The Labute approximate surface area is 109 Å². The maximum absolute atomic E-state index is 5.68. The van der Waals surface area contributed by atoms with E-state index in [1.54, 1.807) is 0 Å². The van der Waals surface area contributed by atoms with E-state index in [1.165, 1.54) is 0 Å². The molecule has 0 fully saturated rings. The molecule has 0 amide bonds. The fourth-order valence-electron chi connectivity index (χ4n) is 1.51. The molecule has 0 spiro atoms. The first kappa shape index (κ1) is 13.9. The third-order valence-corrected chi connectivity index (χ3v) is 3.58. The van der Waals surface area contributed by atoms with Crippen LogP contribution in [0.5, 0.6) is 0 Å². The van der Waals surface area contributed by atoms with E-state index in [9.17, 15) is 0 Å². The third-order valence-electron chi connectivity index (χ3n) is 3.34. The highest BCUT2D eigenvalue weighted by molar-refractivity contribution is 7.80. The van der Waals surface area contributed by atoms with Gasteiger partial charge in [0.2, 0.25) is 0 Å². The second-order valence-corrected chi connectivity index (χ2v) is 5.38. The van der Waals surface area contributed by atoms with E-state index in [-0.39, 0.29) is 5.54 Å². The molecule has 3 nitrogen and oxygen atoms in total. The summed E-state index contributed by atoms with van der Waals surface area (Å²) >= 11 is 5.02. The summed E-state index contributed by atoms with van der Waals surface area (Å²) < 4.78 is 0. The van der Waals surface area contributed by atoms with Gasteiger partial charge in [-0.3, -0.25) is 0 Å². The highest BCUT2D eigenvalue weighted by Gasteiger charge is 2.22. The van der Waals surface area contributed by atoms with Crippen LogP contribution in [0.3, 0.4) is 0 Å². The molecule has 1 heterocycles. The highest BCUT2D eigenvalue weighted by atomic mass is 32.1. The molecule has 0 atom stereocenters. The first-order chi connectivity index (χ1) is 7.77. The summed E-state index contributed by atoms with van der Waals surface area (Å²) in [6, 6.07) is 3.87. The number of thiocarbonyl (C=S) groups is 1. The van der Waals surface area contributed by atoms with Gasteiger partial charge in [-0.15, -0.1) is 0 Å². The minimum Gasteiger partial charge on any atom is -0.389 e. The number of anilines is 1. The van der Waals surface area contributed by atoms with E-state index in [2.05, 4.69) is 37.7 Å². The minimum absolute atomic E-state index is 0.0638. The molecule has 2 N–H and O–H groups in total. The molecule has 0 unspecified atom stereocenters. The molecule has 17 heavy (non-hydrogen) atoms. The zero-order valence-corrected chi connectivity index (χ0v) is 12.1. The molecule has 0 bridgehead atoms. The van der Waals surface area contributed by atoms with Gasteiger partial charge in [0.1, 0.15) is 10.8 Å². The molecule has 0 saturated carbocycles. The van der Waals surface area contributed by atoms with Gasteiger partial charge >= 0.3 is 0 Å². The normalized spacial score (nSPS) is 11.4. The van der Waals surface area contributed by atoms with Crippen LogP contribution in [-0.2, 0) is 0 Å². The van der Waals surface area contributed by atoms with Gasteiger partial charge in [0, 0.05) is 23.8 Å². The van der Waals surface area contributed by atoms with Gasteiger partial charge < -0.3 is 10.6 Å². The monoisotopic (exact) mass is 251 g/mol. The maximum atomic E-state index is 5.68. The highest BCUT2D eigenvalue weighted by Crippen LogP contribution is 2.24. The van der Waals surface area contributed by atoms with Gasteiger partial charge in [-0.05, 0) is 39.3 Å². The molecule has 0 aliphatic heterocycles. The van der Waals surface area contributed by atoms with Gasteiger partial charge in [0.15, 0.2) is 0 Å². The zero-order chi connectivity index (χ0) is 13.2. The summed E-state index contributed by atoms with van der Waals surface area (Å²) in [5.74, 6) is 0.916. The van der Waals surface area contributed by atoms with Crippen molar-refractivity contribution in [1.29, 1.82) is 0 Å². The largest absolute Gasteiger partial charge is 0.389 e. The van der Waals surface area contributed by atoms with Crippen LogP contribution in [0.4, 0.5) is 5.82 Å². The first-order valence-electron chi connectivity index (χ1n) is 5.80. The number of hydrogen-bond acceptors (Lipinski definition) is 3. The summed E-state index contributed by atoms with van der Waals surface area (Å²) in [5, 5.41) is 0. The molecular formula is C13H21N3S. The van der Waals surface area contributed by atoms with Gasteiger partial charge in [-0.25, -0.2) is 4.98 Å². The quantitative estimate of drug-likeness (QED) is 0.835. The van der Waals surface area contributed by atoms with E-state index in [0.29, 0.717) is 4.99 Å². The smallest absolute Gasteiger partial charge is 0.129 e. The van der Waals surface area contributed by atoms with Crippen molar-refractivity contribution in [1.82, 2.24) is 4.98 Å². The molecule has 1 aromatic rings. The second-order valence-electron chi connectivity index (χ2n) is 4.94. The van der Waals surface area contributed by atoms with Crippen LogP contribution in [0.15, 0.2) is 12.1 Å². The number of aryl methyl sites for hydroxylation is 1. The molecule has 0 aliphatic carbocycles. The lowest BCUT2D eigenvalue weighted by Gasteiger charge is -2.36. The fourth-order valence-corrected chi connectivity index (χ4v) is 1.63. The summed E-state index contributed by atoms with van der Waals surface area (Å²) in [6.07, 6.45) is 1.04. The van der Waals surface area contributed by atoms with E-state index in [4.69, 9.17) is 18.0 Å². The van der Waals surface area contributed by atoms with Crippen molar-refractivity contribution in [3.05, 3.63) is 23.4 Å². The van der Waals surface area contributed by atoms with Gasteiger partial charge in [0.25, 0.3) is 0 Å². The second kappa shape index (κ2) is 5.00. The minimum atomic E-state index is 0.0638. The average Bonchev–Trinajstić information content (AvgIpc) is 2.27. The number of nitrogens with zero attached hydrogens (tertiary/aromatic N) is 2. The van der Waals surface area contributed by atoms with Crippen molar-refractivity contribution in [2.75, 3.05) is 11.9 Å². The lowest BCUT2D eigenvalue weighted by molar-refractivity contribution is 0.467. The van der Waals surface area contributed by atoms with Crippen molar-refractivity contribution >= 4 is 23.0 Å². The van der Waals surface area contributed by atoms with Gasteiger partial charge in [-0.2, -0.15) is 0 Å². The van der Waals surface area contributed by atoms with Crippen LogP contribution in [0.1, 0.15) is 38.4 Å². The van der Waals surface area contributed by atoms with Crippen molar-refractivity contribution in [2.45, 2.75) is 39.7 Å². The molecule has 0 saturated heterocycles. The third kappa shape index (κ3) is 3.16. The number of pyridine rings is 1. The summed E-state index contributed by atoms with van der Waals surface area (Å²) in [7, 11) is 2.05. The molecule has 1 rings (SSSR count). The fraction of sp³-hybridized carbons (Fsp3) is 0.538. The number of aromatic nitrogens is 1. The Kier molecular flexibility index (Phi) is 4.09. The standard InChI is InChI=1S/C13H21N3S/c1-6-13(3,4)16(5)11-8-10(12(14)17)7-9(2)15-11/h7-8H,6H2,1-5H3,(H2,14,17). The molecule has 4 heteroatoms. The predicted molar refractivity (Wildman–Crippen MR) is 77.6 cm³/mol. The maximum Gasteiger partial charge on any atom is 0.129 e. The molecule has 0 aliphatic rings. The lowest BCUT2D eigenvalue weighted by atomic mass is 10.00. The Bertz CT molecular complexity index is 427. The lowest BCUT2D eigenvalue weighted by Crippen LogP contribution is -2.41. The van der Waals surface area contributed by atoms with Gasteiger partial charge in [-0.1, -0.05) is 19.1 Å². The average molecular weight is 251 g/mol. The van der Waals surface area contributed by atoms with Gasteiger partial charge in [0.05, 0.1) is 0 Å². The Morgan fingerprint density at radius 3 is 2.53 bits per heavy atom. The Hall–Kier alpha value is -1.16. The Morgan fingerprint density at radius 1 is 1.47 bits per heavy atom. The molecule has 94 valence electrons. The van der Waals surface area contributed by atoms with E-state index < -0.39 is 0 Å². The summed E-state index contributed by atoms with van der Waals surface area (Å²) in [4.78, 5) is 7.13. The van der Waals surface area contributed by atoms with Crippen LogP contribution in [0.25, 0.3) is 0 Å². The molecule has 0 aromatic carbocycles. The van der Waals surface area contributed by atoms with Crippen LogP contribution < -0.4 is 10.6 Å². The van der Waals surface area contributed by atoms with Crippen LogP contribution >= 0.6 is 12.2 Å². The number of nitrogens with two attached hydrogens (primary N) is 1. The summed E-state index contributed by atoms with van der Waals surface area (Å²) in [6.45, 7) is 8.51. The number of rotatable bonds is 4. The Morgan fingerprint density at radius 2 is 2.06 bits per heavy atom. The zero-order valence-electron chi connectivity index (χ0n) is 11.2. The van der Waals surface area contributed by atoms with E-state index >= 15 is 0 Å². The van der Waals surface area contributed by atoms with Crippen molar-refractivity contribution in [2.24, 2.45) is 5.73 Å². The van der Waals surface area contributed by atoms with Crippen molar-refractivity contribution in [3.63, 3.8) is 0 Å². The number of hydrogen-bond donors (Lipinski definition) is 1. The first-order valence-corrected chi connectivity index (χ1v) is 6.21. The van der Waals surface area contributed by atoms with Crippen molar-refractivity contribution < 1.29 is 0 Å². The van der Waals surface area contributed by atoms with E-state index in [1.807, 2.05) is 19.1 Å². The molecular weight excluding hydrogens is 230 g/mol. The van der Waals surface area contributed by atoms with Crippen LogP contribution in [0.2, 0.25) is 0 Å². The SMILES string of the molecule is CCC(C)(C)N(C)c1cc(C(N)=S)cc(C)n1. The van der Waals surface area contributed by atoms with Crippen molar-refractivity contribution in [3.8, 4) is 0 Å². The molecule has 0 radical (unpaired) electrons. The Balaban J connectivity index is 3.18. The van der Waals surface area contributed by atoms with Crippen LogP contribution in [-0.4, -0.2) is 22.6 Å². The van der Waals surface area contributed by atoms with E-state index in [0.717, 1.165) is 23.5 Å². The topological polar surface area (TPSA) is 42.1 Å². The van der Waals surface area contributed by atoms with Crippen LogP contribution in [0, 0.1) is 6.92 Å².